The van der Waals surface area contributed by atoms with Crippen molar-refractivity contribution in [1.29, 1.82) is 0 Å². The van der Waals surface area contributed by atoms with E-state index in [1.54, 1.807) is 37.6 Å². The number of likely N-dealkylation sites (tertiary alicyclic amines) is 1. The van der Waals surface area contributed by atoms with Crippen LogP contribution in [-0.2, 0) is 0 Å². The number of nitrogens with zero attached hydrogens (tertiary/aromatic N) is 3. The Morgan fingerprint density at radius 3 is 2.33 bits per heavy atom. The van der Waals surface area contributed by atoms with Gasteiger partial charge in [0, 0.05) is 26.7 Å². The van der Waals surface area contributed by atoms with Crippen LogP contribution in [0.15, 0.2) is 52.1 Å². The van der Waals surface area contributed by atoms with Gasteiger partial charge in [-0.25, -0.2) is 0 Å². The third kappa shape index (κ3) is 5.94. The highest BCUT2D eigenvalue weighted by Crippen LogP contribution is 2.25. The number of fused-ring (bicyclic) bond motifs is 1. The third-order valence-electron chi connectivity index (χ3n) is 6.12. The van der Waals surface area contributed by atoms with Gasteiger partial charge in [-0.3, -0.25) is 24.4 Å². The van der Waals surface area contributed by atoms with E-state index in [1.165, 1.54) is 17.7 Å². The fraction of sp³-hybridized carbons (Fsp3) is 0.458. The smallest absolute Gasteiger partial charge is 0.261 e. The van der Waals surface area contributed by atoms with Crippen LogP contribution in [0.1, 0.15) is 58.2 Å². The highest BCUT2D eigenvalue weighted by molar-refractivity contribution is 14.0. The monoisotopic (exact) mass is 565 g/mol. The van der Waals surface area contributed by atoms with Crippen molar-refractivity contribution < 1.29 is 14.0 Å². The van der Waals surface area contributed by atoms with Crippen LogP contribution in [0.3, 0.4) is 0 Å². The summed E-state index contributed by atoms with van der Waals surface area (Å²) in [5.41, 5.74) is 1.01. The summed E-state index contributed by atoms with van der Waals surface area (Å²) in [6.45, 7) is 4.00. The molecule has 4 rings (SSSR count). The summed E-state index contributed by atoms with van der Waals surface area (Å²) in [5.74, 6) is 1.32. The first-order valence-electron chi connectivity index (χ1n) is 11.4. The average Bonchev–Trinajstić information content (AvgIpc) is 3.58. The fourth-order valence-corrected chi connectivity index (χ4v) is 4.40. The largest absolute Gasteiger partial charge is 0.468 e. The van der Waals surface area contributed by atoms with Crippen LogP contribution in [0.4, 0.5) is 0 Å². The third-order valence-corrected chi connectivity index (χ3v) is 6.12. The molecule has 0 radical (unpaired) electrons. The van der Waals surface area contributed by atoms with Crippen molar-refractivity contribution in [2.45, 2.75) is 31.7 Å². The van der Waals surface area contributed by atoms with Gasteiger partial charge >= 0.3 is 0 Å². The molecule has 1 unspecified atom stereocenters. The number of carbonyl (C=O) groups is 2. The van der Waals surface area contributed by atoms with E-state index in [2.05, 4.69) is 20.5 Å². The predicted octanol–water partition coefficient (Wildman–Crippen LogP) is 3.28. The Kier molecular flexibility index (Phi) is 9.30. The van der Waals surface area contributed by atoms with Gasteiger partial charge in [0.05, 0.1) is 23.4 Å². The molecular formula is C24H32IN5O3. The summed E-state index contributed by atoms with van der Waals surface area (Å²) in [5, 5.41) is 6.74. The first kappa shape index (κ1) is 25.2. The minimum absolute atomic E-state index is 0. The van der Waals surface area contributed by atoms with Crippen molar-refractivity contribution in [3.63, 3.8) is 0 Å². The van der Waals surface area contributed by atoms with E-state index in [-0.39, 0.29) is 41.8 Å². The van der Waals surface area contributed by atoms with Crippen molar-refractivity contribution in [2.24, 2.45) is 4.99 Å². The zero-order valence-corrected chi connectivity index (χ0v) is 21.3. The van der Waals surface area contributed by atoms with E-state index in [9.17, 15) is 9.59 Å². The molecule has 2 amide bonds. The van der Waals surface area contributed by atoms with Crippen molar-refractivity contribution in [1.82, 2.24) is 20.4 Å². The summed E-state index contributed by atoms with van der Waals surface area (Å²) < 4.78 is 5.67. The lowest BCUT2D eigenvalue weighted by atomic mass is 10.1. The molecule has 2 N–H and O–H groups in total. The van der Waals surface area contributed by atoms with Crippen LogP contribution in [0, 0.1) is 0 Å². The standard InChI is InChI=1S/C24H31N5O3.HI/c1-25-24(27-17-20(21-11-8-16-32-21)28-13-6-7-14-28)26-12-4-5-15-29-22(30)18-9-2-3-10-19(18)23(29)31;/h2-3,8-11,16,20H,4-7,12-15,17H2,1H3,(H2,25,26,27);1H. The molecule has 0 aliphatic carbocycles. The molecule has 0 saturated carbocycles. The number of aliphatic imine (C=N–C) groups is 1. The van der Waals surface area contributed by atoms with Gasteiger partial charge in [0.1, 0.15) is 5.76 Å². The van der Waals surface area contributed by atoms with Crippen LogP contribution in [0.5, 0.6) is 0 Å². The Morgan fingerprint density at radius 2 is 1.73 bits per heavy atom. The normalized spacial score (nSPS) is 17.1. The molecular weight excluding hydrogens is 533 g/mol. The Balaban J connectivity index is 0.00000306. The molecule has 2 aliphatic heterocycles. The van der Waals surface area contributed by atoms with Crippen molar-refractivity contribution in [3.05, 3.63) is 59.5 Å². The number of halogens is 1. The van der Waals surface area contributed by atoms with E-state index in [1.807, 2.05) is 12.1 Å². The van der Waals surface area contributed by atoms with Crippen molar-refractivity contribution >= 4 is 41.8 Å². The molecule has 9 heteroatoms. The SMILES string of the molecule is CN=C(NCCCCN1C(=O)c2ccccc2C1=O)NCC(c1ccco1)N1CCCC1.I. The van der Waals surface area contributed by atoms with Crippen LogP contribution < -0.4 is 10.6 Å². The van der Waals surface area contributed by atoms with E-state index in [0.717, 1.165) is 37.7 Å². The zero-order chi connectivity index (χ0) is 22.3. The van der Waals surface area contributed by atoms with Gasteiger partial charge in [0.2, 0.25) is 0 Å². The van der Waals surface area contributed by atoms with Gasteiger partial charge in [-0.2, -0.15) is 0 Å². The number of nitrogens with one attached hydrogen (secondary N) is 2. The molecule has 33 heavy (non-hydrogen) atoms. The van der Waals surface area contributed by atoms with Gasteiger partial charge < -0.3 is 15.1 Å². The Labute approximate surface area is 211 Å². The number of amides is 2. The maximum atomic E-state index is 12.4. The molecule has 1 aromatic heterocycles. The average molecular weight is 565 g/mol. The van der Waals surface area contributed by atoms with Crippen molar-refractivity contribution in [3.8, 4) is 0 Å². The first-order valence-corrected chi connectivity index (χ1v) is 11.4. The molecule has 178 valence electrons. The Morgan fingerprint density at radius 1 is 1.03 bits per heavy atom. The maximum Gasteiger partial charge on any atom is 0.261 e. The van der Waals surface area contributed by atoms with E-state index in [0.29, 0.717) is 30.8 Å². The summed E-state index contributed by atoms with van der Waals surface area (Å²) in [6, 6.07) is 11.1. The Hall–Kier alpha value is -2.40. The number of unbranched alkanes of at least 4 members (excludes halogenated alkanes) is 1. The molecule has 1 fully saturated rings. The topological polar surface area (TPSA) is 90.2 Å². The second-order valence-electron chi connectivity index (χ2n) is 8.17. The van der Waals surface area contributed by atoms with Gasteiger partial charge in [-0.1, -0.05) is 12.1 Å². The number of hydrogen-bond donors (Lipinski definition) is 2. The maximum absolute atomic E-state index is 12.4. The molecule has 2 aromatic rings. The lowest BCUT2D eigenvalue weighted by Gasteiger charge is -2.26. The predicted molar refractivity (Wildman–Crippen MR) is 138 cm³/mol. The molecule has 3 heterocycles. The number of benzene rings is 1. The van der Waals surface area contributed by atoms with Gasteiger partial charge in [-0.15, -0.1) is 24.0 Å². The van der Waals surface area contributed by atoms with E-state index < -0.39 is 0 Å². The molecule has 1 aromatic carbocycles. The van der Waals surface area contributed by atoms with Gasteiger partial charge in [0.15, 0.2) is 5.96 Å². The minimum atomic E-state index is -0.193. The first-order chi connectivity index (χ1) is 15.7. The van der Waals surface area contributed by atoms with Gasteiger partial charge in [0.25, 0.3) is 11.8 Å². The molecule has 1 saturated heterocycles. The van der Waals surface area contributed by atoms with E-state index in [4.69, 9.17) is 4.42 Å². The Bertz CT molecular complexity index is 922. The number of rotatable bonds is 9. The molecule has 0 bridgehead atoms. The number of carbonyl (C=O) groups excluding carboxylic acids is 2. The molecule has 2 aliphatic rings. The quantitative estimate of drug-likeness (QED) is 0.160. The molecule has 0 spiro atoms. The summed E-state index contributed by atoms with van der Waals surface area (Å²) in [7, 11) is 1.76. The van der Waals surface area contributed by atoms with Gasteiger partial charge in [-0.05, 0) is 63.0 Å². The van der Waals surface area contributed by atoms with Crippen LogP contribution >= 0.6 is 24.0 Å². The number of imide groups is 1. The van der Waals surface area contributed by atoms with Crippen LogP contribution in [-0.4, -0.2) is 67.3 Å². The van der Waals surface area contributed by atoms with Crippen LogP contribution in [0.2, 0.25) is 0 Å². The highest BCUT2D eigenvalue weighted by atomic mass is 127. The van der Waals surface area contributed by atoms with Crippen molar-refractivity contribution in [2.75, 3.05) is 39.8 Å². The fourth-order valence-electron chi connectivity index (χ4n) is 4.40. The highest BCUT2D eigenvalue weighted by Gasteiger charge is 2.34. The summed E-state index contributed by atoms with van der Waals surface area (Å²) in [6.07, 6.45) is 5.72. The second-order valence-corrected chi connectivity index (χ2v) is 8.17. The summed E-state index contributed by atoms with van der Waals surface area (Å²) in [4.78, 5) is 33.0. The summed E-state index contributed by atoms with van der Waals surface area (Å²) >= 11 is 0. The lowest BCUT2D eigenvalue weighted by Crippen LogP contribution is -2.43. The van der Waals surface area contributed by atoms with E-state index >= 15 is 0 Å². The second kappa shape index (κ2) is 12.2. The zero-order valence-electron chi connectivity index (χ0n) is 19.0. The minimum Gasteiger partial charge on any atom is -0.468 e. The number of furan rings is 1. The molecule has 8 nitrogen and oxygen atoms in total. The number of guanidine groups is 1. The van der Waals surface area contributed by atoms with Crippen LogP contribution in [0.25, 0.3) is 0 Å². The number of hydrogen-bond acceptors (Lipinski definition) is 5. The lowest BCUT2D eigenvalue weighted by molar-refractivity contribution is 0.0652. The molecule has 1 atom stereocenters.